The van der Waals surface area contributed by atoms with E-state index in [0.717, 1.165) is 0 Å². The quantitative estimate of drug-likeness (QED) is 0.796. The Morgan fingerprint density at radius 1 is 1.15 bits per heavy atom. The summed E-state index contributed by atoms with van der Waals surface area (Å²) in [5.74, 6) is -1.76. The number of carbonyl (C=O) groups is 2. The van der Waals surface area contributed by atoms with Gasteiger partial charge < -0.3 is 15.4 Å². The second kappa shape index (κ2) is 5.75. The number of anilines is 1. The molecule has 3 N–H and O–H groups in total. The fourth-order valence-corrected chi connectivity index (χ4v) is 2.01. The van der Waals surface area contributed by atoms with Gasteiger partial charge in [-0.15, -0.1) is 0 Å². The number of hydrogen-bond donors (Lipinski definition) is 3. The number of H-pyrrole nitrogens is 1. The highest BCUT2D eigenvalue weighted by Crippen LogP contribution is 2.24. The predicted octanol–water partition coefficient (Wildman–Crippen LogP) is 3.93. The average Bonchev–Trinajstić information content (AvgIpc) is 2.69. The third kappa shape index (κ3) is 3.07. The predicted molar refractivity (Wildman–Crippen MR) is 77.2 cm³/mol. The molecule has 0 aliphatic rings. The molecule has 0 spiro atoms. The highest BCUT2D eigenvalue weighted by molar-refractivity contribution is 6.41. The molecule has 8 heteroatoms. The summed E-state index contributed by atoms with van der Waals surface area (Å²) in [4.78, 5) is 25.6. The molecule has 0 aliphatic heterocycles. The maximum atomic E-state index is 12.0. The first-order valence-corrected chi connectivity index (χ1v) is 6.40. The molecular weight excluding hydrogens is 327 g/mol. The van der Waals surface area contributed by atoms with Gasteiger partial charge in [0.1, 0.15) is 10.8 Å². The third-order valence-corrected chi connectivity index (χ3v) is 3.36. The Bertz CT molecular complexity index is 678. The number of carbonyl (C=O) groups excluding carboxylic acids is 1. The zero-order valence-electron chi connectivity index (χ0n) is 9.71. The van der Waals surface area contributed by atoms with Crippen LogP contribution >= 0.6 is 34.8 Å². The van der Waals surface area contributed by atoms with Crippen molar-refractivity contribution in [1.29, 1.82) is 0 Å². The SMILES string of the molecule is O=C(Nc1cc(Cl)ccc1C(=O)O)c1cc(Cl)c(Cl)[nH]1. The van der Waals surface area contributed by atoms with Crippen LogP contribution in [0.4, 0.5) is 5.69 Å². The Balaban J connectivity index is 2.32. The number of rotatable bonds is 3. The van der Waals surface area contributed by atoms with Crippen molar-refractivity contribution in [2.75, 3.05) is 5.32 Å². The van der Waals surface area contributed by atoms with Crippen LogP contribution in [0.2, 0.25) is 15.2 Å². The molecule has 1 aromatic heterocycles. The molecule has 1 heterocycles. The minimum Gasteiger partial charge on any atom is -0.478 e. The van der Waals surface area contributed by atoms with Crippen molar-refractivity contribution in [1.82, 2.24) is 4.98 Å². The normalized spacial score (nSPS) is 10.3. The first kappa shape index (κ1) is 14.7. The van der Waals surface area contributed by atoms with Gasteiger partial charge in [-0.1, -0.05) is 34.8 Å². The van der Waals surface area contributed by atoms with Gasteiger partial charge in [0.25, 0.3) is 5.91 Å². The summed E-state index contributed by atoms with van der Waals surface area (Å²) in [6.45, 7) is 0. The minimum atomic E-state index is -1.18. The number of hydrogen-bond acceptors (Lipinski definition) is 2. The number of aromatic carboxylic acids is 1. The van der Waals surface area contributed by atoms with Gasteiger partial charge in [-0.3, -0.25) is 4.79 Å². The number of benzene rings is 1. The van der Waals surface area contributed by atoms with E-state index >= 15 is 0 Å². The lowest BCUT2D eigenvalue weighted by Crippen LogP contribution is -2.15. The number of nitrogens with one attached hydrogen (secondary N) is 2. The summed E-state index contributed by atoms with van der Waals surface area (Å²) >= 11 is 17.2. The summed E-state index contributed by atoms with van der Waals surface area (Å²) in [5.41, 5.74) is 0.111. The van der Waals surface area contributed by atoms with Crippen molar-refractivity contribution in [3.8, 4) is 0 Å². The molecule has 5 nitrogen and oxygen atoms in total. The van der Waals surface area contributed by atoms with E-state index in [9.17, 15) is 9.59 Å². The largest absolute Gasteiger partial charge is 0.478 e. The minimum absolute atomic E-state index is 0.0773. The van der Waals surface area contributed by atoms with Crippen LogP contribution in [0.15, 0.2) is 24.3 Å². The first-order chi connectivity index (χ1) is 9.38. The van der Waals surface area contributed by atoms with E-state index < -0.39 is 11.9 Å². The zero-order chi connectivity index (χ0) is 14.9. The average molecular weight is 334 g/mol. The first-order valence-electron chi connectivity index (χ1n) is 5.26. The number of carboxylic acid groups (broad SMARTS) is 1. The molecule has 1 aromatic carbocycles. The zero-order valence-corrected chi connectivity index (χ0v) is 12.0. The summed E-state index contributed by atoms with van der Waals surface area (Å²) in [6.07, 6.45) is 0. The molecule has 0 saturated heterocycles. The van der Waals surface area contributed by atoms with E-state index in [1.807, 2.05) is 0 Å². The lowest BCUT2D eigenvalue weighted by Gasteiger charge is -2.08. The Hall–Kier alpha value is -1.69. The van der Waals surface area contributed by atoms with E-state index in [2.05, 4.69) is 10.3 Å². The maximum Gasteiger partial charge on any atom is 0.337 e. The van der Waals surface area contributed by atoms with Crippen molar-refractivity contribution in [2.45, 2.75) is 0 Å². The monoisotopic (exact) mass is 332 g/mol. The molecule has 0 saturated carbocycles. The van der Waals surface area contributed by atoms with Crippen molar-refractivity contribution in [3.63, 3.8) is 0 Å². The number of aromatic amines is 1. The summed E-state index contributed by atoms with van der Waals surface area (Å²) in [6, 6.07) is 5.40. The van der Waals surface area contributed by atoms with E-state index in [1.54, 1.807) is 0 Å². The van der Waals surface area contributed by atoms with E-state index in [4.69, 9.17) is 39.9 Å². The van der Waals surface area contributed by atoms with Crippen molar-refractivity contribution in [2.24, 2.45) is 0 Å². The van der Waals surface area contributed by atoms with E-state index in [-0.39, 0.29) is 27.1 Å². The standard InChI is InChI=1S/C12H7Cl3N2O3/c13-5-1-2-6(12(19)20)8(3-5)17-11(18)9-4-7(14)10(15)16-9/h1-4,16H,(H,17,18)(H,19,20). The summed E-state index contributed by atoms with van der Waals surface area (Å²) in [5, 5.41) is 12.1. The summed E-state index contributed by atoms with van der Waals surface area (Å²) < 4.78 is 0. The molecule has 1 amide bonds. The van der Waals surface area contributed by atoms with Crippen molar-refractivity contribution in [3.05, 3.63) is 50.7 Å². The molecule has 104 valence electrons. The van der Waals surface area contributed by atoms with E-state index in [0.29, 0.717) is 5.02 Å². The fraction of sp³-hybridized carbons (Fsp3) is 0. The lowest BCUT2D eigenvalue weighted by molar-refractivity contribution is 0.0698. The van der Waals surface area contributed by atoms with Gasteiger partial charge in [0, 0.05) is 5.02 Å². The second-order valence-corrected chi connectivity index (χ2v) is 5.02. The Labute approximate surface area is 128 Å². The highest BCUT2D eigenvalue weighted by atomic mass is 35.5. The number of amides is 1. The molecule has 0 radical (unpaired) electrons. The van der Waals surface area contributed by atoms with Crippen LogP contribution in [0.1, 0.15) is 20.8 Å². The topological polar surface area (TPSA) is 82.2 Å². The molecule has 2 aromatic rings. The second-order valence-electron chi connectivity index (χ2n) is 3.79. The van der Waals surface area contributed by atoms with Gasteiger partial charge in [-0.25, -0.2) is 4.79 Å². The highest BCUT2D eigenvalue weighted by Gasteiger charge is 2.16. The molecule has 0 bridgehead atoms. The maximum absolute atomic E-state index is 12.0. The summed E-state index contributed by atoms with van der Waals surface area (Å²) in [7, 11) is 0. The van der Waals surface area contributed by atoms with Crippen LogP contribution in [0.3, 0.4) is 0 Å². The van der Waals surface area contributed by atoms with Crippen molar-refractivity contribution >= 4 is 52.4 Å². The van der Waals surface area contributed by atoms with Crippen LogP contribution in [-0.4, -0.2) is 22.0 Å². The van der Waals surface area contributed by atoms with Crippen LogP contribution in [0, 0.1) is 0 Å². The number of halogens is 3. The van der Waals surface area contributed by atoms with Crippen LogP contribution < -0.4 is 5.32 Å². The Morgan fingerprint density at radius 2 is 1.85 bits per heavy atom. The lowest BCUT2D eigenvalue weighted by atomic mass is 10.1. The van der Waals surface area contributed by atoms with Gasteiger partial charge in [0.15, 0.2) is 0 Å². The molecule has 0 atom stereocenters. The number of carboxylic acids is 1. The van der Waals surface area contributed by atoms with Gasteiger partial charge in [-0.05, 0) is 24.3 Å². The molecule has 2 rings (SSSR count). The Morgan fingerprint density at radius 3 is 2.40 bits per heavy atom. The van der Waals surface area contributed by atoms with E-state index in [1.165, 1.54) is 24.3 Å². The molecule has 0 unspecified atom stereocenters. The van der Waals surface area contributed by atoms with Crippen molar-refractivity contribution < 1.29 is 14.7 Å². The van der Waals surface area contributed by atoms with Crippen LogP contribution in [0.5, 0.6) is 0 Å². The molecule has 0 fully saturated rings. The Kier molecular flexibility index (Phi) is 4.23. The van der Waals surface area contributed by atoms with Crippen LogP contribution in [-0.2, 0) is 0 Å². The molecule has 20 heavy (non-hydrogen) atoms. The van der Waals surface area contributed by atoms with Gasteiger partial charge in [0.05, 0.1) is 16.3 Å². The fourth-order valence-electron chi connectivity index (χ4n) is 1.52. The molecular formula is C12H7Cl3N2O3. The third-order valence-electron chi connectivity index (χ3n) is 2.43. The van der Waals surface area contributed by atoms with Crippen LogP contribution in [0.25, 0.3) is 0 Å². The number of aromatic nitrogens is 1. The smallest absolute Gasteiger partial charge is 0.337 e. The molecule has 0 aliphatic carbocycles. The van der Waals surface area contributed by atoms with Gasteiger partial charge in [0.2, 0.25) is 0 Å². The van der Waals surface area contributed by atoms with Gasteiger partial charge in [-0.2, -0.15) is 0 Å². The van der Waals surface area contributed by atoms with Gasteiger partial charge >= 0.3 is 5.97 Å².